The third-order valence-electron chi connectivity index (χ3n) is 4.14. The van der Waals surface area contributed by atoms with Crippen LogP contribution in [0.5, 0.6) is 5.75 Å². The number of halogens is 1. The molecule has 2 N–H and O–H groups in total. The molecule has 1 aliphatic rings. The molecule has 0 unspecified atom stereocenters. The van der Waals surface area contributed by atoms with Crippen molar-refractivity contribution in [2.45, 2.75) is 44.7 Å². The first-order chi connectivity index (χ1) is 9.70. The summed E-state index contributed by atoms with van der Waals surface area (Å²) in [5.41, 5.74) is 5.95. The SMILES string of the molecule is CCN(CCOc1ccccc1F)C1CCC(N)CC1. The van der Waals surface area contributed by atoms with Gasteiger partial charge in [-0.2, -0.15) is 0 Å². The Balaban J connectivity index is 1.78. The van der Waals surface area contributed by atoms with Crippen LogP contribution in [0.3, 0.4) is 0 Å². The molecule has 0 bridgehead atoms. The quantitative estimate of drug-likeness (QED) is 0.871. The molecule has 0 spiro atoms. The van der Waals surface area contributed by atoms with Crippen LogP contribution in [0.2, 0.25) is 0 Å². The van der Waals surface area contributed by atoms with Crippen LogP contribution >= 0.6 is 0 Å². The van der Waals surface area contributed by atoms with Crippen molar-refractivity contribution in [3.8, 4) is 5.75 Å². The number of nitrogens with two attached hydrogens (primary N) is 1. The monoisotopic (exact) mass is 280 g/mol. The van der Waals surface area contributed by atoms with Crippen LogP contribution in [0.25, 0.3) is 0 Å². The van der Waals surface area contributed by atoms with Gasteiger partial charge < -0.3 is 10.5 Å². The molecule has 1 fully saturated rings. The van der Waals surface area contributed by atoms with Crippen LogP contribution in [0.1, 0.15) is 32.6 Å². The molecular formula is C16H25FN2O. The van der Waals surface area contributed by atoms with Crippen LogP contribution in [-0.4, -0.2) is 36.7 Å². The van der Waals surface area contributed by atoms with E-state index in [4.69, 9.17) is 10.5 Å². The highest BCUT2D eigenvalue weighted by Crippen LogP contribution is 2.22. The third-order valence-corrected chi connectivity index (χ3v) is 4.14. The minimum absolute atomic E-state index is 0.292. The number of benzene rings is 1. The number of hydrogen-bond acceptors (Lipinski definition) is 3. The van der Waals surface area contributed by atoms with Gasteiger partial charge in [0.15, 0.2) is 11.6 Å². The molecule has 20 heavy (non-hydrogen) atoms. The van der Waals surface area contributed by atoms with Crippen LogP contribution in [-0.2, 0) is 0 Å². The van der Waals surface area contributed by atoms with Crippen molar-refractivity contribution in [3.05, 3.63) is 30.1 Å². The first-order valence-electron chi connectivity index (χ1n) is 7.57. The molecule has 3 nitrogen and oxygen atoms in total. The van der Waals surface area contributed by atoms with E-state index in [1.54, 1.807) is 18.2 Å². The van der Waals surface area contributed by atoms with Crippen molar-refractivity contribution in [2.75, 3.05) is 19.7 Å². The second-order valence-corrected chi connectivity index (χ2v) is 5.48. The van der Waals surface area contributed by atoms with E-state index in [0.717, 1.165) is 38.8 Å². The van der Waals surface area contributed by atoms with Gasteiger partial charge in [-0.3, -0.25) is 4.90 Å². The number of ether oxygens (including phenoxy) is 1. The molecule has 1 saturated carbocycles. The summed E-state index contributed by atoms with van der Waals surface area (Å²) in [6.45, 7) is 4.53. The van der Waals surface area contributed by atoms with Gasteiger partial charge in [-0.05, 0) is 44.4 Å². The molecule has 1 aliphatic carbocycles. The first kappa shape index (κ1) is 15.3. The molecule has 0 aliphatic heterocycles. The maximum Gasteiger partial charge on any atom is 0.165 e. The van der Waals surface area contributed by atoms with Gasteiger partial charge in [0, 0.05) is 18.6 Å². The van der Waals surface area contributed by atoms with E-state index in [1.807, 2.05) is 0 Å². The Bertz CT molecular complexity index is 405. The van der Waals surface area contributed by atoms with Crippen LogP contribution in [0, 0.1) is 5.82 Å². The van der Waals surface area contributed by atoms with E-state index < -0.39 is 0 Å². The summed E-state index contributed by atoms with van der Waals surface area (Å²) in [6.07, 6.45) is 4.54. The number of likely N-dealkylation sites (N-methyl/N-ethyl adjacent to an activating group) is 1. The smallest absolute Gasteiger partial charge is 0.165 e. The highest BCUT2D eigenvalue weighted by atomic mass is 19.1. The molecule has 0 amide bonds. The maximum absolute atomic E-state index is 13.4. The van der Waals surface area contributed by atoms with E-state index in [0.29, 0.717) is 24.4 Å². The third kappa shape index (κ3) is 4.18. The zero-order valence-corrected chi connectivity index (χ0v) is 12.2. The highest BCUT2D eigenvalue weighted by Gasteiger charge is 2.23. The van der Waals surface area contributed by atoms with Crippen molar-refractivity contribution in [1.29, 1.82) is 0 Å². The van der Waals surface area contributed by atoms with Gasteiger partial charge in [-0.1, -0.05) is 19.1 Å². The van der Waals surface area contributed by atoms with E-state index in [9.17, 15) is 4.39 Å². The van der Waals surface area contributed by atoms with Gasteiger partial charge in [0.2, 0.25) is 0 Å². The second kappa shape index (κ2) is 7.60. The average molecular weight is 280 g/mol. The number of hydrogen-bond donors (Lipinski definition) is 1. The van der Waals surface area contributed by atoms with Crippen LogP contribution in [0.4, 0.5) is 4.39 Å². The van der Waals surface area contributed by atoms with E-state index in [1.165, 1.54) is 6.07 Å². The fourth-order valence-electron chi connectivity index (χ4n) is 2.90. The Morgan fingerprint density at radius 3 is 2.60 bits per heavy atom. The van der Waals surface area contributed by atoms with Gasteiger partial charge in [0.05, 0.1) is 0 Å². The predicted octanol–water partition coefficient (Wildman–Crippen LogP) is 2.80. The normalized spacial score (nSPS) is 23.0. The minimum atomic E-state index is -0.292. The van der Waals surface area contributed by atoms with Gasteiger partial charge >= 0.3 is 0 Å². The van der Waals surface area contributed by atoms with Gasteiger partial charge in [-0.15, -0.1) is 0 Å². The maximum atomic E-state index is 13.4. The Morgan fingerprint density at radius 1 is 1.25 bits per heavy atom. The van der Waals surface area contributed by atoms with E-state index in [2.05, 4.69) is 11.8 Å². The fraction of sp³-hybridized carbons (Fsp3) is 0.625. The highest BCUT2D eigenvalue weighted by molar-refractivity contribution is 5.23. The van der Waals surface area contributed by atoms with Gasteiger partial charge in [0.25, 0.3) is 0 Å². The Morgan fingerprint density at radius 2 is 1.95 bits per heavy atom. The lowest BCUT2D eigenvalue weighted by atomic mass is 9.91. The van der Waals surface area contributed by atoms with Crippen molar-refractivity contribution in [2.24, 2.45) is 5.73 Å². The average Bonchev–Trinajstić information content (AvgIpc) is 2.47. The molecule has 2 rings (SSSR count). The fourth-order valence-corrected chi connectivity index (χ4v) is 2.90. The second-order valence-electron chi connectivity index (χ2n) is 5.48. The van der Waals surface area contributed by atoms with Crippen molar-refractivity contribution in [1.82, 2.24) is 4.90 Å². The Kier molecular flexibility index (Phi) is 5.80. The lowest BCUT2D eigenvalue weighted by Gasteiger charge is -2.35. The zero-order valence-electron chi connectivity index (χ0n) is 12.2. The van der Waals surface area contributed by atoms with E-state index >= 15 is 0 Å². The lowest BCUT2D eigenvalue weighted by Crippen LogP contribution is -2.42. The van der Waals surface area contributed by atoms with Crippen molar-refractivity contribution < 1.29 is 9.13 Å². The molecule has 0 atom stereocenters. The first-order valence-corrected chi connectivity index (χ1v) is 7.57. The van der Waals surface area contributed by atoms with E-state index in [-0.39, 0.29) is 5.82 Å². The number of rotatable bonds is 6. The van der Waals surface area contributed by atoms with Crippen molar-refractivity contribution >= 4 is 0 Å². The summed E-state index contributed by atoms with van der Waals surface area (Å²) < 4.78 is 19.0. The molecule has 0 saturated heterocycles. The molecule has 1 aromatic carbocycles. The topological polar surface area (TPSA) is 38.5 Å². The Labute approximate surface area is 120 Å². The van der Waals surface area contributed by atoms with Crippen LogP contribution < -0.4 is 10.5 Å². The molecule has 0 heterocycles. The summed E-state index contributed by atoms with van der Waals surface area (Å²) in [4.78, 5) is 2.42. The molecular weight excluding hydrogens is 255 g/mol. The van der Waals surface area contributed by atoms with Gasteiger partial charge in [-0.25, -0.2) is 4.39 Å². The lowest BCUT2D eigenvalue weighted by molar-refractivity contribution is 0.130. The largest absolute Gasteiger partial charge is 0.489 e. The Hall–Kier alpha value is -1.13. The summed E-state index contributed by atoms with van der Waals surface area (Å²) in [5, 5.41) is 0. The summed E-state index contributed by atoms with van der Waals surface area (Å²) in [5.74, 6) is 0.0495. The number of nitrogens with zero attached hydrogens (tertiary/aromatic N) is 1. The summed E-state index contributed by atoms with van der Waals surface area (Å²) in [7, 11) is 0. The number of para-hydroxylation sites is 1. The molecule has 0 radical (unpaired) electrons. The summed E-state index contributed by atoms with van der Waals surface area (Å²) in [6, 6.07) is 7.54. The molecule has 0 aromatic heterocycles. The molecule has 4 heteroatoms. The zero-order chi connectivity index (χ0) is 14.4. The summed E-state index contributed by atoms with van der Waals surface area (Å²) >= 11 is 0. The van der Waals surface area contributed by atoms with Crippen molar-refractivity contribution in [3.63, 3.8) is 0 Å². The van der Waals surface area contributed by atoms with Gasteiger partial charge in [0.1, 0.15) is 6.61 Å². The molecule has 1 aromatic rings. The predicted molar refractivity (Wildman–Crippen MR) is 79.4 cm³/mol. The molecule has 112 valence electrons. The minimum Gasteiger partial charge on any atom is -0.489 e. The standard InChI is InChI=1S/C16H25FN2O/c1-2-19(14-9-7-13(18)8-10-14)11-12-20-16-6-4-3-5-15(16)17/h3-6,13-14H,2,7-12,18H2,1H3. The van der Waals surface area contributed by atoms with Crippen LogP contribution in [0.15, 0.2) is 24.3 Å².